The Morgan fingerprint density at radius 2 is 1.70 bits per heavy atom. The van der Waals surface area contributed by atoms with Crippen LogP contribution in [0.5, 0.6) is 0 Å². The lowest BCUT2D eigenvalue weighted by molar-refractivity contribution is 0.426. The maximum Gasteiger partial charge on any atom is 0.488 e. The van der Waals surface area contributed by atoms with Gasteiger partial charge in [0, 0.05) is 20.2 Å². The highest BCUT2D eigenvalue weighted by atomic mass is 32.1. The van der Waals surface area contributed by atoms with E-state index in [1.807, 2.05) is 18.2 Å². The molecule has 112 valence electrons. The standard InChI is InChI=1S/C19H15BO2S/c1-12-8-9-16-17-7-3-6-15(19(17)23-18(16)10-12)13-4-2-5-14(11-13)20(21)22/h2-11,21-22H,1H3. The van der Waals surface area contributed by atoms with Crippen LogP contribution >= 0.6 is 11.3 Å². The molecule has 4 rings (SSSR count). The average Bonchev–Trinajstić information content (AvgIpc) is 2.92. The molecule has 2 N–H and O–H groups in total. The summed E-state index contributed by atoms with van der Waals surface area (Å²) in [5.41, 5.74) is 3.90. The molecule has 4 aromatic rings. The summed E-state index contributed by atoms with van der Waals surface area (Å²) in [6, 6.07) is 20.3. The van der Waals surface area contributed by atoms with E-state index in [1.54, 1.807) is 17.4 Å². The molecule has 0 unspecified atom stereocenters. The first-order valence-electron chi connectivity index (χ1n) is 7.52. The topological polar surface area (TPSA) is 40.5 Å². The molecule has 0 atom stereocenters. The van der Waals surface area contributed by atoms with Gasteiger partial charge >= 0.3 is 7.12 Å². The fourth-order valence-electron chi connectivity index (χ4n) is 3.00. The van der Waals surface area contributed by atoms with Crippen LogP contribution in [0.1, 0.15) is 5.56 Å². The maximum absolute atomic E-state index is 9.41. The fourth-order valence-corrected chi connectivity index (χ4v) is 4.34. The molecular weight excluding hydrogens is 303 g/mol. The summed E-state index contributed by atoms with van der Waals surface area (Å²) in [5, 5.41) is 21.3. The van der Waals surface area contributed by atoms with Crippen molar-refractivity contribution in [3.05, 3.63) is 66.2 Å². The third kappa shape index (κ3) is 2.45. The van der Waals surface area contributed by atoms with Gasteiger partial charge in [-0.3, -0.25) is 0 Å². The van der Waals surface area contributed by atoms with Crippen molar-refractivity contribution in [3.8, 4) is 11.1 Å². The van der Waals surface area contributed by atoms with Crippen LogP contribution in [0.4, 0.5) is 0 Å². The van der Waals surface area contributed by atoms with Gasteiger partial charge in [-0.15, -0.1) is 11.3 Å². The van der Waals surface area contributed by atoms with E-state index in [1.165, 1.54) is 25.7 Å². The van der Waals surface area contributed by atoms with Crippen LogP contribution in [0.15, 0.2) is 60.7 Å². The first-order chi connectivity index (χ1) is 11.1. The number of hydrogen-bond donors (Lipinski definition) is 2. The molecule has 0 aliphatic carbocycles. The summed E-state index contributed by atoms with van der Waals surface area (Å²) in [6.45, 7) is 2.11. The molecule has 0 spiro atoms. The van der Waals surface area contributed by atoms with Gasteiger partial charge < -0.3 is 10.0 Å². The normalized spacial score (nSPS) is 11.3. The molecule has 4 heteroatoms. The zero-order valence-electron chi connectivity index (χ0n) is 12.7. The Labute approximate surface area is 138 Å². The molecule has 2 nitrogen and oxygen atoms in total. The summed E-state index contributed by atoms with van der Waals surface area (Å²) >= 11 is 1.79. The predicted molar refractivity (Wildman–Crippen MR) is 99.3 cm³/mol. The minimum absolute atomic E-state index is 0.511. The quantitative estimate of drug-likeness (QED) is 0.553. The Morgan fingerprint density at radius 1 is 0.870 bits per heavy atom. The molecule has 0 aliphatic heterocycles. The van der Waals surface area contributed by atoms with Crippen LogP contribution < -0.4 is 5.46 Å². The largest absolute Gasteiger partial charge is 0.488 e. The summed E-state index contributed by atoms with van der Waals surface area (Å²) in [7, 11) is -1.45. The fraction of sp³-hybridized carbons (Fsp3) is 0.0526. The molecule has 0 amide bonds. The molecule has 0 aliphatic rings. The molecule has 1 aromatic heterocycles. The van der Waals surface area contributed by atoms with Crippen LogP contribution in [0, 0.1) is 6.92 Å². The smallest absolute Gasteiger partial charge is 0.423 e. The number of benzene rings is 3. The monoisotopic (exact) mass is 318 g/mol. The molecule has 1 heterocycles. The van der Waals surface area contributed by atoms with Crippen LogP contribution in [0.2, 0.25) is 0 Å². The van der Waals surface area contributed by atoms with Gasteiger partial charge in [-0.25, -0.2) is 0 Å². The van der Waals surface area contributed by atoms with Crippen LogP contribution in [0.3, 0.4) is 0 Å². The molecule has 0 saturated carbocycles. The molecule has 0 bridgehead atoms. The summed E-state index contributed by atoms with van der Waals surface area (Å²) < 4.78 is 2.52. The lowest BCUT2D eigenvalue weighted by atomic mass is 9.79. The first kappa shape index (κ1) is 14.5. The van der Waals surface area contributed by atoms with Crippen molar-refractivity contribution >= 4 is 44.1 Å². The van der Waals surface area contributed by atoms with Crippen molar-refractivity contribution in [2.24, 2.45) is 0 Å². The number of fused-ring (bicyclic) bond motifs is 3. The van der Waals surface area contributed by atoms with Crippen molar-refractivity contribution in [1.82, 2.24) is 0 Å². The minimum atomic E-state index is -1.45. The molecular formula is C19H15BO2S. The second kappa shape index (κ2) is 5.50. The number of thiophene rings is 1. The number of rotatable bonds is 2. The third-order valence-corrected chi connectivity index (χ3v) is 5.35. The summed E-state index contributed by atoms with van der Waals surface area (Å²) in [5.74, 6) is 0. The zero-order chi connectivity index (χ0) is 16.0. The number of aryl methyl sites for hydroxylation is 1. The van der Waals surface area contributed by atoms with E-state index in [9.17, 15) is 10.0 Å². The Hall–Kier alpha value is -2.14. The average molecular weight is 318 g/mol. The van der Waals surface area contributed by atoms with Crippen molar-refractivity contribution in [3.63, 3.8) is 0 Å². The van der Waals surface area contributed by atoms with Gasteiger partial charge in [-0.2, -0.15) is 0 Å². The maximum atomic E-state index is 9.41. The highest BCUT2D eigenvalue weighted by molar-refractivity contribution is 7.26. The second-order valence-electron chi connectivity index (χ2n) is 5.78. The van der Waals surface area contributed by atoms with Crippen molar-refractivity contribution < 1.29 is 10.0 Å². The van der Waals surface area contributed by atoms with Gasteiger partial charge in [0.2, 0.25) is 0 Å². The molecule has 0 fully saturated rings. The van der Waals surface area contributed by atoms with E-state index in [-0.39, 0.29) is 0 Å². The highest BCUT2D eigenvalue weighted by Crippen LogP contribution is 2.39. The third-order valence-electron chi connectivity index (χ3n) is 4.15. The van der Waals surface area contributed by atoms with E-state index in [2.05, 4.69) is 43.3 Å². The van der Waals surface area contributed by atoms with Gasteiger partial charge in [0.05, 0.1) is 0 Å². The van der Waals surface area contributed by atoms with Gasteiger partial charge in [0.1, 0.15) is 0 Å². The van der Waals surface area contributed by atoms with Crippen LogP contribution in [-0.2, 0) is 0 Å². The van der Waals surface area contributed by atoms with E-state index in [0.717, 1.165) is 11.1 Å². The van der Waals surface area contributed by atoms with E-state index >= 15 is 0 Å². The van der Waals surface area contributed by atoms with Gasteiger partial charge in [0.15, 0.2) is 0 Å². The zero-order valence-corrected chi connectivity index (χ0v) is 13.5. The Balaban J connectivity index is 2.00. The van der Waals surface area contributed by atoms with E-state index in [4.69, 9.17) is 0 Å². The Morgan fingerprint density at radius 3 is 2.52 bits per heavy atom. The van der Waals surface area contributed by atoms with Gasteiger partial charge in [-0.05, 0) is 35.1 Å². The Bertz CT molecular complexity index is 1020. The number of hydrogen-bond acceptors (Lipinski definition) is 3. The van der Waals surface area contributed by atoms with E-state index in [0.29, 0.717) is 5.46 Å². The Kier molecular flexibility index (Phi) is 3.45. The lowest BCUT2D eigenvalue weighted by Gasteiger charge is -2.06. The molecule has 0 saturated heterocycles. The van der Waals surface area contributed by atoms with Crippen molar-refractivity contribution in [2.45, 2.75) is 6.92 Å². The minimum Gasteiger partial charge on any atom is -0.423 e. The van der Waals surface area contributed by atoms with Crippen LogP contribution in [0.25, 0.3) is 31.3 Å². The second-order valence-corrected chi connectivity index (χ2v) is 6.84. The van der Waals surface area contributed by atoms with Gasteiger partial charge in [0.25, 0.3) is 0 Å². The SMILES string of the molecule is Cc1ccc2c(c1)sc1c(-c3cccc(B(O)O)c3)cccc12. The molecule has 3 aromatic carbocycles. The lowest BCUT2D eigenvalue weighted by Crippen LogP contribution is -2.29. The molecule has 23 heavy (non-hydrogen) atoms. The van der Waals surface area contributed by atoms with Gasteiger partial charge in [-0.1, -0.05) is 54.6 Å². The summed E-state index contributed by atoms with van der Waals surface area (Å²) in [6.07, 6.45) is 0. The van der Waals surface area contributed by atoms with E-state index < -0.39 is 7.12 Å². The van der Waals surface area contributed by atoms with Crippen molar-refractivity contribution in [2.75, 3.05) is 0 Å². The molecule has 0 radical (unpaired) electrons. The van der Waals surface area contributed by atoms with Crippen LogP contribution in [-0.4, -0.2) is 17.2 Å². The highest BCUT2D eigenvalue weighted by Gasteiger charge is 2.14. The predicted octanol–water partition coefficient (Wildman–Crippen LogP) is 3.71. The first-order valence-corrected chi connectivity index (χ1v) is 8.33. The summed E-state index contributed by atoms with van der Waals surface area (Å²) in [4.78, 5) is 0. The van der Waals surface area contributed by atoms with Crippen molar-refractivity contribution in [1.29, 1.82) is 0 Å².